The van der Waals surface area contributed by atoms with Gasteiger partial charge in [-0.05, 0) is 112 Å². The SMILES string of the molecule is Cc1n[nH]c(C)c1-c1ccc(NC(=O)[C@@H](NC(=O)C2(F)CC2)[C@@H]2CCc3c(F)cc(-c4cc(C)c(=O)n(C(C)C)c4)cc32)cc1. The molecule has 2 amide bonds. The van der Waals surface area contributed by atoms with E-state index in [0.717, 1.165) is 22.5 Å². The van der Waals surface area contributed by atoms with E-state index in [1.54, 1.807) is 35.9 Å². The van der Waals surface area contributed by atoms with E-state index in [2.05, 4.69) is 20.8 Å². The lowest BCUT2D eigenvalue weighted by Crippen LogP contribution is -2.50. The Morgan fingerprint density at radius 3 is 2.38 bits per heavy atom. The normalized spacial score (nSPS) is 17.2. The van der Waals surface area contributed by atoms with Crippen LogP contribution in [0.2, 0.25) is 0 Å². The van der Waals surface area contributed by atoms with Gasteiger partial charge in [-0.15, -0.1) is 0 Å². The number of aromatic nitrogens is 3. The lowest BCUT2D eigenvalue weighted by molar-refractivity contribution is -0.131. The lowest BCUT2D eigenvalue weighted by Gasteiger charge is -2.26. The molecule has 2 aliphatic carbocycles. The molecule has 0 saturated heterocycles. The molecule has 3 N–H and O–H groups in total. The third kappa shape index (κ3) is 5.69. The summed E-state index contributed by atoms with van der Waals surface area (Å²) >= 11 is 0. The summed E-state index contributed by atoms with van der Waals surface area (Å²) in [6.45, 7) is 9.38. The van der Waals surface area contributed by atoms with Crippen molar-refractivity contribution in [3.05, 3.63) is 92.9 Å². The fourth-order valence-electron chi connectivity index (χ4n) is 6.38. The molecule has 8 nitrogen and oxygen atoms in total. The largest absolute Gasteiger partial charge is 0.341 e. The van der Waals surface area contributed by atoms with Gasteiger partial charge in [-0.3, -0.25) is 19.5 Å². The molecule has 6 rings (SSSR count). The first-order valence-electron chi connectivity index (χ1n) is 15.3. The number of alkyl halides is 1. The molecule has 45 heavy (non-hydrogen) atoms. The molecule has 10 heteroatoms. The Balaban J connectivity index is 1.33. The molecule has 0 radical (unpaired) electrons. The van der Waals surface area contributed by atoms with E-state index in [9.17, 15) is 18.8 Å². The maximum Gasteiger partial charge on any atom is 0.258 e. The number of carbonyl (C=O) groups excluding carboxylic acids is 2. The Morgan fingerprint density at radius 1 is 1.04 bits per heavy atom. The number of amides is 2. The zero-order valence-electron chi connectivity index (χ0n) is 26.1. The van der Waals surface area contributed by atoms with Crippen molar-refractivity contribution in [1.82, 2.24) is 20.1 Å². The third-order valence-corrected chi connectivity index (χ3v) is 9.08. The van der Waals surface area contributed by atoms with Crippen LogP contribution < -0.4 is 16.2 Å². The van der Waals surface area contributed by atoms with Crippen molar-refractivity contribution in [1.29, 1.82) is 0 Å². The maximum absolute atomic E-state index is 15.6. The summed E-state index contributed by atoms with van der Waals surface area (Å²) in [7, 11) is 0. The Kier molecular flexibility index (Phi) is 7.71. The molecular formula is C35H37F2N5O3. The van der Waals surface area contributed by atoms with Crippen LogP contribution in [0.5, 0.6) is 0 Å². The molecule has 2 aliphatic rings. The van der Waals surface area contributed by atoms with Crippen LogP contribution in [0, 0.1) is 26.6 Å². The van der Waals surface area contributed by atoms with Gasteiger partial charge in [0, 0.05) is 40.7 Å². The van der Waals surface area contributed by atoms with Gasteiger partial charge in [-0.2, -0.15) is 5.10 Å². The smallest absolute Gasteiger partial charge is 0.258 e. The van der Waals surface area contributed by atoms with Gasteiger partial charge in [0.05, 0.1) is 5.69 Å². The van der Waals surface area contributed by atoms with E-state index in [1.165, 1.54) is 6.07 Å². The maximum atomic E-state index is 15.6. The number of halogens is 2. The molecule has 0 spiro atoms. The van der Waals surface area contributed by atoms with Gasteiger partial charge in [-0.1, -0.05) is 18.2 Å². The van der Waals surface area contributed by atoms with Gasteiger partial charge in [0.1, 0.15) is 11.9 Å². The zero-order chi connectivity index (χ0) is 32.2. The Labute approximate surface area is 260 Å². The van der Waals surface area contributed by atoms with Crippen LogP contribution in [0.1, 0.15) is 73.1 Å². The molecule has 234 valence electrons. The number of benzene rings is 2. The summed E-state index contributed by atoms with van der Waals surface area (Å²) in [6.07, 6.45) is 2.69. The van der Waals surface area contributed by atoms with Gasteiger partial charge >= 0.3 is 0 Å². The minimum Gasteiger partial charge on any atom is -0.341 e. The van der Waals surface area contributed by atoms with Gasteiger partial charge in [-0.25, -0.2) is 8.78 Å². The standard InChI is InChI=1S/C35H37F2N5O3/c1-18(2)42-17-24(14-19(3)33(42)44)23-15-28-26(29(36)16-23)10-11-27(28)31(39-34(45)35(37)12-13-35)32(43)38-25-8-6-22(7-9-25)30-20(4)40-41-21(30)5/h6-9,14-18,27,31H,10-13H2,1-5H3,(H,38,43)(H,39,45)(H,40,41)/t27-,31+/m1/s1. The average Bonchev–Trinajstić information content (AvgIpc) is 3.47. The molecule has 2 aromatic heterocycles. The number of pyridine rings is 1. The fraction of sp³-hybridized carbons (Fsp3) is 0.371. The molecule has 0 aliphatic heterocycles. The topological polar surface area (TPSA) is 109 Å². The monoisotopic (exact) mass is 613 g/mol. The van der Waals surface area contributed by atoms with E-state index >= 15 is 4.39 Å². The zero-order valence-corrected chi connectivity index (χ0v) is 26.1. The quantitative estimate of drug-likeness (QED) is 0.220. The van der Waals surface area contributed by atoms with Crippen LogP contribution in [-0.4, -0.2) is 38.3 Å². The summed E-state index contributed by atoms with van der Waals surface area (Å²) in [5.74, 6) is -2.34. The van der Waals surface area contributed by atoms with E-state index in [4.69, 9.17) is 0 Å². The summed E-state index contributed by atoms with van der Waals surface area (Å²) in [5, 5.41) is 12.8. The van der Waals surface area contributed by atoms with E-state index in [0.29, 0.717) is 46.3 Å². The number of hydrogen-bond acceptors (Lipinski definition) is 4. The molecule has 1 fully saturated rings. The van der Waals surface area contributed by atoms with Crippen molar-refractivity contribution in [2.24, 2.45) is 0 Å². The second-order valence-corrected chi connectivity index (χ2v) is 12.7. The van der Waals surface area contributed by atoms with E-state index < -0.39 is 35.3 Å². The predicted octanol–water partition coefficient (Wildman–Crippen LogP) is 6.21. The lowest BCUT2D eigenvalue weighted by atomic mass is 9.89. The molecular weight excluding hydrogens is 576 g/mol. The summed E-state index contributed by atoms with van der Waals surface area (Å²) < 4.78 is 32.1. The number of nitrogens with one attached hydrogen (secondary N) is 3. The van der Waals surface area contributed by atoms with Gasteiger partial charge in [0.2, 0.25) is 5.91 Å². The highest BCUT2D eigenvalue weighted by Crippen LogP contribution is 2.43. The van der Waals surface area contributed by atoms with Crippen LogP contribution >= 0.6 is 0 Å². The number of fused-ring (bicyclic) bond motifs is 1. The molecule has 2 aromatic carbocycles. The van der Waals surface area contributed by atoms with Crippen LogP contribution in [0.25, 0.3) is 22.3 Å². The second-order valence-electron chi connectivity index (χ2n) is 12.7. The fourth-order valence-corrected chi connectivity index (χ4v) is 6.38. The van der Waals surface area contributed by atoms with Crippen LogP contribution in [0.15, 0.2) is 53.5 Å². The van der Waals surface area contributed by atoms with Gasteiger partial charge in [0.25, 0.3) is 11.5 Å². The van der Waals surface area contributed by atoms with Crippen LogP contribution in [0.4, 0.5) is 14.5 Å². The van der Waals surface area contributed by atoms with Crippen molar-refractivity contribution in [3.63, 3.8) is 0 Å². The summed E-state index contributed by atoms with van der Waals surface area (Å²) in [5.41, 5.74) is 4.93. The summed E-state index contributed by atoms with van der Waals surface area (Å²) in [6, 6.07) is 11.1. The first-order valence-corrected chi connectivity index (χ1v) is 15.3. The van der Waals surface area contributed by atoms with Crippen molar-refractivity contribution in [3.8, 4) is 22.3 Å². The predicted molar refractivity (Wildman–Crippen MR) is 169 cm³/mol. The number of nitrogens with zero attached hydrogens (tertiary/aromatic N) is 2. The first-order chi connectivity index (χ1) is 21.4. The molecule has 4 aromatic rings. The van der Waals surface area contributed by atoms with Crippen LogP contribution in [-0.2, 0) is 16.0 Å². The number of anilines is 1. The number of hydrogen-bond donors (Lipinski definition) is 3. The van der Waals surface area contributed by atoms with Gasteiger partial charge in [0.15, 0.2) is 5.67 Å². The van der Waals surface area contributed by atoms with Crippen molar-refractivity contribution in [2.75, 3.05) is 5.32 Å². The molecule has 2 heterocycles. The minimum absolute atomic E-state index is 0.0938. The van der Waals surface area contributed by atoms with Crippen molar-refractivity contribution in [2.45, 2.75) is 84.0 Å². The molecule has 2 atom stereocenters. The number of H-pyrrole nitrogens is 1. The van der Waals surface area contributed by atoms with Crippen molar-refractivity contribution >= 4 is 17.5 Å². The van der Waals surface area contributed by atoms with Gasteiger partial charge < -0.3 is 15.2 Å². The van der Waals surface area contributed by atoms with E-state index in [-0.39, 0.29) is 24.4 Å². The Bertz CT molecular complexity index is 1850. The Hall–Kier alpha value is -4.60. The second kappa shape index (κ2) is 11.4. The Morgan fingerprint density at radius 2 is 1.76 bits per heavy atom. The van der Waals surface area contributed by atoms with E-state index in [1.807, 2.05) is 45.9 Å². The number of rotatable bonds is 8. The molecule has 1 saturated carbocycles. The molecule has 0 bridgehead atoms. The highest BCUT2D eigenvalue weighted by Gasteiger charge is 2.52. The highest BCUT2D eigenvalue weighted by molar-refractivity contribution is 6.00. The highest BCUT2D eigenvalue weighted by atomic mass is 19.1. The third-order valence-electron chi connectivity index (χ3n) is 9.08. The average molecular weight is 614 g/mol. The number of aromatic amines is 1. The first kappa shape index (κ1) is 30.4. The summed E-state index contributed by atoms with van der Waals surface area (Å²) in [4.78, 5) is 39.5. The van der Waals surface area contributed by atoms with Crippen LogP contribution in [0.3, 0.4) is 0 Å². The minimum atomic E-state index is -1.99. The number of aryl methyl sites for hydroxylation is 3. The number of carbonyl (C=O) groups is 2. The van der Waals surface area contributed by atoms with Crippen molar-refractivity contribution < 1.29 is 18.4 Å². The molecule has 0 unspecified atom stereocenters.